The van der Waals surface area contributed by atoms with Gasteiger partial charge in [0.25, 0.3) is 0 Å². The number of carbonyl (C=O) groups is 1. The highest BCUT2D eigenvalue weighted by Gasteiger charge is 2.09. The summed E-state index contributed by atoms with van der Waals surface area (Å²) < 4.78 is 13.6. The summed E-state index contributed by atoms with van der Waals surface area (Å²) in [6.07, 6.45) is -0.126. The summed E-state index contributed by atoms with van der Waals surface area (Å²) in [5.41, 5.74) is 0.542. The maximum absolute atomic E-state index is 12.9. The molecule has 13 heavy (non-hydrogen) atoms. The van der Waals surface area contributed by atoms with E-state index in [2.05, 4.69) is 31.9 Å². The first-order valence-electron chi connectivity index (χ1n) is 3.36. The van der Waals surface area contributed by atoms with Gasteiger partial charge in [-0.2, -0.15) is 0 Å². The number of rotatable bonds is 2. The number of carboxylic acid groups (broad SMARTS) is 1. The maximum Gasteiger partial charge on any atom is 0.307 e. The van der Waals surface area contributed by atoms with Gasteiger partial charge in [0.05, 0.1) is 10.9 Å². The summed E-state index contributed by atoms with van der Waals surface area (Å²) >= 11 is 6.07. The quantitative estimate of drug-likeness (QED) is 0.853. The van der Waals surface area contributed by atoms with Crippen LogP contribution in [0.3, 0.4) is 0 Å². The molecule has 0 aliphatic rings. The van der Waals surface area contributed by atoms with Crippen molar-refractivity contribution in [1.82, 2.24) is 0 Å². The highest BCUT2D eigenvalue weighted by atomic mass is 79.9. The first-order chi connectivity index (χ1) is 6.00. The fourth-order valence-electron chi connectivity index (χ4n) is 0.862. The number of aliphatic carboxylic acids is 1. The Morgan fingerprint density at radius 3 is 2.54 bits per heavy atom. The molecule has 1 aromatic carbocycles. The van der Waals surface area contributed by atoms with E-state index in [0.717, 1.165) is 0 Å². The van der Waals surface area contributed by atoms with Gasteiger partial charge in [0.1, 0.15) is 5.82 Å². The molecule has 0 aliphatic heterocycles. The zero-order valence-corrected chi connectivity index (χ0v) is 9.52. The Labute approximate surface area is 91.0 Å². The second-order valence-electron chi connectivity index (χ2n) is 2.43. The van der Waals surface area contributed by atoms with Gasteiger partial charge < -0.3 is 5.11 Å². The molecule has 70 valence electrons. The molecule has 0 fully saturated rings. The third-order valence-corrected chi connectivity index (χ3v) is 2.78. The molecule has 0 radical (unpaired) electrons. The van der Waals surface area contributed by atoms with E-state index < -0.39 is 11.8 Å². The normalized spacial score (nSPS) is 10.1. The van der Waals surface area contributed by atoms with E-state index in [1.54, 1.807) is 0 Å². The highest BCUT2D eigenvalue weighted by Crippen LogP contribution is 2.25. The van der Waals surface area contributed by atoms with Gasteiger partial charge in [-0.05, 0) is 33.6 Å². The van der Waals surface area contributed by atoms with Crippen molar-refractivity contribution in [2.24, 2.45) is 0 Å². The van der Waals surface area contributed by atoms with Gasteiger partial charge >= 0.3 is 5.97 Å². The number of hydrogen-bond acceptors (Lipinski definition) is 1. The lowest BCUT2D eigenvalue weighted by Gasteiger charge is -2.02. The smallest absolute Gasteiger partial charge is 0.307 e. The lowest BCUT2D eigenvalue weighted by Crippen LogP contribution is -2.01. The maximum atomic E-state index is 12.9. The summed E-state index contributed by atoms with van der Waals surface area (Å²) in [5, 5.41) is 8.52. The Bertz CT molecular complexity index is 352. The van der Waals surface area contributed by atoms with Crippen LogP contribution in [0.1, 0.15) is 5.56 Å². The van der Waals surface area contributed by atoms with E-state index in [4.69, 9.17) is 5.11 Å². The molecule has 0 aliphatic carbocycles. The highest BCUT2D eigenvalue weighted by molar-refractivity contribution is 9.11. The third kappa shape index (κ3) is 2.77. The van der Waals surface area contributed by atoms with E-state index in [9.17, 15) is 9.18 Å². The zero-order chi connectivity index (χ0) is 10.0. The van der Waals surface area contributed by atoms with Gasteiger partial charge in [0.15, 0.2) is 0 Å². The van der Waals surface area contributed by atoms with Crippen molar-refractivity contribution in [1.29, 1.82) is 0 Å². The number of carboxylic acids is 1. The van der Waals surface area contributed by atoms with Crippen LogP contribution >= 0.6 is 31.9 Å². The minimum absolute atomic E-state index is 0.126. The Balaban J connectivity index is 3.08. The summed E-state index contributed by atoms with van der Waals surface area (Å²) in [4.78, 5) is 10.4. The van der Waals surface area contributed by atoms with Gasteiger partial charge in [0.2, 0.25) is 0 Å². The average Bonchev–Trinajstić information content (AvgIpc) is 1.99. The molecule has 0 saturated heterocycles. The Morgan fingerprint density at radius 2 is 2.00 bits per heavy atom. The van der Waals surface area contributed by atoms with Crippen LogP contribution in [0.15, 0.2) is 21.1 Å². The first-order valence-corrected chi connectivity index (χ1v) is 4.94. The minimum atomic E-state index is -0.945. The lowest BCUT2D eigenvalue weighted by molar-refractivity contribution is -0.136. The summed E-state index contributed by atoms with van der Waals surface area (Å²) in [6, 6.07) is 2.69. The van der Waals surface area contributed by atoms with Crippen LogP contribution in [0, 0.1) is 5.82 Å². The van der Waals surface area contributed by atoms with Gasteiger partial charge in [-0.25, -0.2) is 4.39 Å². The molecule has 0 aromatic heterocycles. The van der Waals surface area contributed by atoms with Crippen LogP contribution in [0.25, 0.3) is 0 Å². The van der Waals surface area contributed by atoms with E-state index in [0.29, 0.717) is 10.0 Å². The van der Waals surface area contributed by atoms with Crippen LogP contribution in [-0.4, -0.2) is 11.1 Å². The Morgan fingerprint density at radius 1 is 1.38 bits per heavy atom. The summed E-state index contributed by atoms with van der Waals surface area (Å²) in [7, 11) is 0. The molecule has 2 nitrogen and oxygen atoms in total. The van der Waals surface area contributed by atoms with Crippen LogP contribution < -0.4 is 0 Å². The number of benzene rings is 1. The Kier molecular flexibility index (Phi) is 3.44. The first kappa shape index (κ1) is 10.7. The molecule has 1 N–H and O–H groups in total. The summed E-state index contributed by atoms with van der Waals surface area (Å²) in [5.74, 6) is -1.36. The van der Waals surface area contributed by atoms with E-state index in [1.165, 1.54) is 12.1 Å². The molecule has 0 unspecified atom stereocenters. The second-order valence-corrected chi connectivity index (χ2v) is 4.14. The topological polar surface area (TPSA) is 37.3 Å². The predicted octanol–water partition coefficient (Wildman–Crippen LogP) is 2.98. The fraction of sp³-hybridized carbons (Fsp3) is 0.125. The van der Waals surface area contributed by atoms with Crippen molar-refractivity contribution in [2.75, 3.05) is 0 Å². The Hall–Kier alpha value is -0.420. The monoisotopic (exact) mass is 310 g/mol. The average molecular weight is 312 g/mol. The molecule has 0 saturated carbocycles. The van der Waals surface area contributed by atoms with E-state index in [1.807, 2.05) is 0 Å². The van der Waals surface area contributed by atoms with Crippen molar-refractivity contribution < 1.29 is 14.3 Å². The summed E-state index contributed by atoms with van der Waals surface area (Å²) in [6.45, 7) is 0. The SMILES string of the molecule is O=C(O)Cc1cc(Br)c(F)cc1Br. The number of hydrogen-bond donors (Lipinski definition) is 1. The van der Waals surface area contributed by atoms with Crippen molar-refractivity contribution >= 4 is 37.8 Å². The molecular formula is C8H5Br2FO2. The predicted molar refractivity (Wildman–Crippen MR) is 53.1 cm³/mol. The molecule has 0 bridgehead atoms. The van der Waals surface area contributed by atoms with Crippen LogP contribution in [-0.2, 0) is 11.2 Å². The van der Waals surface area contributed by atoms with Gasteiger partial charge in [-0.15, -0.1) is 0 Å². The van der Waals surface area contributed by atoms with Gasteiger partial charge in [-0.3, -0.25) is 4.79 Å². The van der Waals surface area contributed by atoms with Crippen LogP contribution in [0.4, 0.5) is 4.39 Å². The van der Waals surface area contributed by atoms with E-state index in [-0.39, 0.29) is 10.9 Å². The molecule has 1 aromatic rings. The van der Waals surface area contributed by atoms with Gasteiger partial charge in [-0.1, -0.05) is 15.9 Å². The number of halogens is 3. The largest absolute Gasteiger partial charge is 0.481 e. The molecule has 5 heteroatoms. The van der Waals surface area contributed by atoms with Crippen molar-refractivity contribution in [3.05, 3.63) is 32.5 Å². The molecule has 0 atom stereocenters. The minimum Gasteiger partial charge on any atom is -0.481 e. The zero-order valence-electron chi connectivity index (χ0n) is 6.35. The van der Waals surface area contributed by atoms with E-state index >= 15 is 0 Å². The lowest BCUT2D eigenvalue weighted by atomic mass is 10.1. The molecule has 0 spiro atoms. The third-order valence-electron chi connectivity index (χ3n) is 1.43. The molecular weight excluding hydrogens is 307 g/mol. The molecule has 0 amide bonds. The second kappa shape index (κ2) is 4.19. The van der Waals surface area contributed by atoms with Crippen LogP contribution in [0.5, 0.6) is 0 Å². The van der Waals surface area contributed by atoms with Crippen molar-refractivity contribution in [2.45, 2.75) is 6.42 Å². The van der Waals surface area contributed by atoms with Crippen molar-refractivity contribution in [3.63, 3.8) is 0 Å². The van der Waals surface area contributed by atoms with Gasteiger partial charge in [0, 0.05) is 4.47 Å². The standard InChI is InChI=1S/C8H5Br2FO2/c9-5-3-7(11)6(10)1-4(5)2-8(12)13/h1,3H,2H2,(H,12,13). The van der Waals surface area contributed by atoms with Crippen LogP contribution in [0.2, 0.25) is 0 Å². The fourth-order valence-corrected chi connectivity index (χ4v) is 1.71. The molecule has 1 rings (SSSR count). The van der Waals surface area contributed by atoms with Crippen molar-refractivity contribution in [3.8, 4) is 0 Å². The molecule has 0 heterocycles.